The van der Waals surface area contributed by atoms with Crippen molar-refractivity contribution >= 4 is 24.2 Å². The Labute approximate surface area is 105 Å². The first-order valence-electron chi connectivity index (χ1n) is 4.90. The highest BCUT2D eigenvalue weighted by Gasteiger charge is 2.10. The van der Waals surface area contributed by atoms with Crippen molar-refractivity contribution in [3.05, 3.63) is 64.7 Å². The van der Waals surface area contributed by atoms with Gasteiger partial charge >= 0.3 is 0 Å². The topological polar surface area (TPSA) is 20.2 Å². The molecule has 0 aliphatic heterocycles. The van der Waals surface area contributed by atoms with Crippen molar-refractivity contribution in [2.45, 2.75) is 11.0 Å². The summed E-state index contributed by atoms with van der Waals surface area (Å²) in [5.41, 5.74) is 1.65. The second-order valence-electron chi connectivity index (χ2n) is 3.52. The number of thiol groups is 1. The molecule has 0 radical (unpaired) electrons. The molecule has 0 saturated carbocycles. The van der Waals surface area contributed by atoms with Crippen LogP contribution in [-0.2, 0) is 0 Å². The molecule has 3 heteroatoms. The lowest BCUT2D eigenvalue weighted by atomic mass is 10.0. The lowest BCUT2D eigenvalue weighted by molar-refractivity contribution is 0.220. The highest BCUT2D eigenvalue weighted by molar-refractivity contribution is 7.80. The van der Waals surface area contributed by atoms with Crippen LogP contribution in [0.15, 0.2) is 53.4 Å². The van der Waals surface area contributed by atoms with Gasteiger partial charge < -0.3 is 5.11 Å². The Kier molecular flexibility index (Phi) is 3.54. The minimum Gasteiger partial charge on any atom is -0.384 e. The maximum absolute atomic E-state index is 10.1. The maximum atomic E-state index is 10.1. The molecular formula is C13H11ClOS. The molecule has 2 aromatic rings. The van der Waals surface area contributed by atoms with E-state index in [1.54, 1.807) is 18.2 Å². The molecule has 1 N–H and O–H groups in total. The number of benzene rings is 2. The highest BCUT2D eigenvalue weighted by Crippen LogP contribution is 2.27. The fourth-order valence-electron chi connectivity index (χ4n) is 1.53. The Morgan fingerprint density at radius 2 is 1.69 bits per heavy atom. The Balaban J connectivity index is 2.34. The minimum atomic E-state index is -0.635. The fourth-order valence-corrected chi connectivity index (χ4v) is 1.87. The summed E-state index contributed by atoms with van der Waals surface area (Å²) < 4.78 is 0. The first-order chi connectivity index (χ1) is 7.68. The molecule has 82 valence electrons. The molecule has 1 atom stereocenters. The average Bonchev–Trinajstić information content (AvgIpc) is 2.33. The van der Waals surface area contributed by atoms with Crippen molar-refractivity contribution in [3.8, 4) is 0 Å². The van der Waals surface area contributed by atoms with Crippen LogP contribution >= 0.6 is 24.2 Å². The Morgan fingerprint density at radius 3 is 2.31 bits per heavy atom. The molecular weight excluding hydrogens is 240 g/mol. The molecule has 2 rings (SSSR count). The van der Waals surface area contributed by atoms with E-state index >= 15 is 0 Å². The summed E-state index contributed by atoms with van der Waals surface area (Å²) in [5.74, 6) is 0. The maximum Gasteiger partial charge on any atom is 0.104 e. The van der Waals surface area contributed by atoms with Crippen LogP contribution in [0.1, 0.15) is 17.2 Å². The smallest absolute Gasteiger partial charge is 0.104 e. The molecule has 0 aliphatic carbocycles. The van der Waals surface area contributed by atoms with Crippen molar-refractivity contribution in [2.24, 2.45) is 0 Å². The first kappa shape index (κ1) is 11.5. The van der Waals surface area contributed by atoms with Crippen LogP contribution in [0.25, 0.3) is 0 Å². The molecule has 0 amide bonds. The lowest BCUT2D eigenvalue weighted by Gasteiger charge is -2.12. The van der Waals surface area contributed by atoms with Gasteiger partial charge in [-0.15, -0.1) is 12.6 Å². The van der Waals surface area contributed by atoms with Crippen molar-refractivity contribution in [1.82, 2.24) is 0 Å². The van der Waals surface area contributed by atoms with Crippen molar-refractivity contribution in [1.29, 1.82) is 0 Å². The van der Waals surface area contributed by atoms with Gasteiger partial charge in [0.2, 0.25) is 0 Å². The van der Waals surface area contributed by atoms with E-state index in [2.05, 4.69) is 12.6 Å². The quantitative estimate of drug-likeness (QED) is 0.779. The van der Waals surface area contributed by atoms with Gasteiger partial charge in [0.15, 0.2) is 0 Å². The van der Waals surface area contributed by atoms with Crippen LogP contribution in [0, 0.1) is 0 Å². The van der Waals surface area contributed by atoms with E-state index in [1.807, 2.05) is 30.3 Å². The van der Waals surface area contributed by atoms with Crippen molar-refractivity contribution < 1.29 is 5.11 Å². The van der Waals surface area contributed by atoms with Crippen LogP contribution in [0.3, 0.4) is 0 Å². The van der Waals surface area contributed by atoms with Crippen LogP contribution in [0.4, 0.5) is 0 Å². The van der Waals surface area contributed by atoms with Crippen LogP contribution in [-0.4, -0.2) is 5.11 Å². The summed E-state index contributed by atoms with van der Waals surface area (Å²) in [7, 11) is 0. The van der Waals surface area contributed by atoms with E-state index in [1.165, 1.54) is 0 Å². The molecule has 0 aromatic heterocycles. The van der Waals surface area contributed by atoms with E-state index in [0.717, 1.165) is 11.1 Å². The van der Waals surface area contributed by atoms with Gasteiger partial charge in [0.05, 0.1) is 5.02 Å². The third-order valence-corrected chi connectivity index (χ3v) is 3.23. The molecule has 0 fully saturated rings. The van der Waals surface area contributed by atoms with Gasteiger partial charge in [-0.3, -0.25) is 0 Å². The Hall–Kier alpha value is -0.960. The van der Waals surface area contributed by atoms with Crippen molar-refractivity contribution in [2.75, 3.05) is 0 Å². The van der Waals surface area contributed by atoms with Crippen LogP contribution in [0.2, 0.25) is 5.02 Å². The summed E-state index contributed by atoms with van der Waals surface area (Å²) in [6.45, 7) is 0. The van der Waals surface area contributed by atoms with Gasteiger partial charge in [-0.1, -0.05) is 48.0 Å². The fraction of sp³-hybridized carbons (Fsp3) is 0.0769. The molecule has 0 heterocycles. The summed E-state index contributed by atoms with van der Waals surface area (Å²) in [6.07, 6.45) is -0.635. The number of hydrogen-bond donors (Lipinski definition) is 2. The molecule has 16 heavy (non-hydrogen) atoms. The van der Waals surface area contributed by atoms with Crippen LogP contribution in [0.5, 0.6) is 0 Å². The first-order valence-corrected chi connectivity index (χ1v) is 5.72. The molecule has 2 aromatic carbocycles. The number of halogens is 1. The van der Waals surface area contributed by atoms with Gasteiger partial charge in [-0.2, -0.15) is 0 Å². The van der Waals surface area contributed by atoms with Gasteiger partial charge in [-0.25, -0.2) is 0 Å². The zero-order chi connectivity index (χ0) is 11.5. The SMILES string of the molecule is OC(c1ccccc1)c1ccc(Cl)c(S)c1. The summed E-state index contributed by atoms with van der Waals surface area (Å²) >= 11 is 10.1. The van der Waals surface area contributed by atoms with Crippen molar-refractivity contribution in [3.63, 3.8) is 0 Å². The second-order valence-corrected chi connectivity index (χ2v) is 4.41. The van der Waals surface area contributed by atoms with Gasteiger partial charge in [0.25, 0.3) is 0 Å². The third-order valence-electron chi connectivity index (χ3n) is 2.40. The van der Waals surface area contributed by atoms with E-state index in [4.69, 9.17) is 11.6 Å². The van der Waals surface area contributed by atoms with Gasteiger partial charge in [0, 0.05) is 4.90 Å². The molecule has 1 unspecified atom stereocenters. The predicted molar refractivity (Wildman–Crippen MR) is 69.2 cm³/mol. The molecule has 0 saturated heterocycles. The molecule has 0 spiro atoms. The standard InChI is InChI=1S/C13H11ClOS/c14-11-7-6-10(8-12(11)16)13(15)9-4-2-1-3-5-9/h1-8,13,15-16H. The van der Waals surface area contributed by atoms with E-state index in [-0.39, 0.29) is 0 Å². The number of hydrogen-bond acceptors (Lipinski definition) is 2. The largest absolute Gasteiger partial charge is 0.384 e. The summed E-state index contributed by atoms with van der Waals surface area (Å²) in [4.78, 5) is 0.675. The van der Waals surface area contributed by atoms with Crippen LogP contribution < -0.4 is 0 Å². The number of aliphatic hydroxyl groups is 1. The van der Waals surface area contributed by atoms with E-state index < -0.39 is 6.10 Å². The zero-order valence-electron chi connectivity index (χ0n) is 8.47. The Morgan fingerprint density at radius 1 is 1.00 bits per heavy atom. The summed E-state index contributed by atoms with van der Waals surface area (Å²) in [5, 5.41) is 10.7. The molecule has 1 nitrogen and oxygen atoms in total. The predicted octanol–water partition coefficient (Wildman–Crippen LogP) is 3.71. The van der Waals surface area contributed by atoms with Gasteiger partial charge in [-0.05, 0) is 23.3 Å². The third kappa shape index (κ3) is 2.40. The second kappa shape index (κ2) is 4.91. The van der Waals surface area contributed by atoms with Gasteiger partial charge in [0.1, 0.15) is 6.10 Å². The van der Waals surface area contributed by atoms with E-state index in [9.17, 15) is 5.11 Å². The molecule has 0 aliphatic rings. The Bertz CT molecular complexity index is 485. The zero-order valence-corrected chi connectivity index (χ0v) is 10.1. The summed E-state index contributed by atoms with van der Waals surface area (Å²) in [6, 6.07) is 14.8. The van der Waals surface area contributed by atoms with E-state index in [0.29, 0.717) is 9.92 Å². The normalized spacial score (nSPS) is 12.4. The minimum absolute atomic E-state index is 0.590. The monoisotopic (exact) mass is 250 g/mol. The lowest BCUT2D eigenvalue weighted by Crippen LogP contribution is -1.99. The number of rotatable bonds is 2. The molecule has 0 bridgehead atoms. The average molecular weight is 251 g/mol. The highest BCUT2D eigenvalue weighted by atomic mass is 35.5. The number of aliphatic hydroxyl groups excluding tert-OH is 1.